The molecule has 1 atom stereocenters. The van der Waals surface area contributed by atoms with E-state index in [2.05, 4.69) is 191 Å². The third-order valence-electron chi connectivity index (χ3n) is 11.2. The van der Waals surface area contributed by atoms with E-state index in [1.54, 1.807) is 0 Å². The van der Waals surface area contributed by atoms with Gasteiger partial charge in [0.25, 0.3) is 0 Å². The normalized spacial score (nSPS) is 13.5. The van der Waals surface area contributed by atoms with Crippen LogP contribution in [0.5, 0.6) is 0 Å². The van der Waals surface area contributed by atoms with Crippen LogP contribution in [0.4, 0.5) is 0 Å². The molecule has 0 aliphatic heterocycles. The lowest BCUT2D eigenvalue weighted by atomic mass is 10.1. The SMILES string of the molecule is CC/C=C\C/C=C\C/C=C\C/C=C\C/C=C\C/C=C\C/C=C\C/C=C\C/C=C\CCCCCC(=O)OCC(COC(=O)CCCCCCCC)OC(=O)CC/C=C\C/C=C\C/C=C\C/C=C\C/C=C\C/C=C\CC. The van der Waals surface area contributed by atoms with Crippen molar-refractivity contribution in [1.29, 1.82) is 0 Å². The molecular weight excluding hydrogens is 913 g/mol. The summed E-state index contributed by atoms with van der Waals surface area (Å²) in [4.78, 5) is 37.8. The summed E-state index contributed by atoms with van der Waals surface area (Å²) in [5, 5.41) is 0. The molecule has 0 heterocycles. The van der Waals surface area contributed by atoms with Gasteiger partial charge in [-0.05, 0) is 128 Å². The number of esters is 3. The van der Waals surface area contributed by atoms with Gasteiger partial charge in [-0.1, -0.05) is 242 Å². The summed E-state index contributed by atoms with van der Waals surface area (Å²) < 4.78 is 16.6. The Morgan fingerprint density at radius 2 is 0.554 bits per heavy atom. The van der Waals surface area contributed by atoms with Gasteiger partial charge in [0.2, 0.25) is 0 Å². The maximum Gasteiger partial charge on any atom is 0.306 e. The van der Waals surface area contributed by atoms with Crippen molar-refractivity contribution in [2.24, 2.45) is 0 Å². The molecule has 6 nitrogen and oxygen atoms in total. The molecule has 0 aromatic rings. The average Bonchev–Trinajstić information content (AvgIpc) is 3.40. The Balaban J connectivity index is 4.35. The molecule has 0 spiro atoms. The molecule has 0 aromatic carbocycles. The summed E-state index contributed by atoms with van der Waals surface area (Å²) in [5.41, 5.74) is 0. The molecule has 0 fully saturated rings. The lowest BCUT2D eigenvalue weighted by Crippen LogP contribution is -2.30. The van der Waals surface area contributed by atoms with Crippen LogP contribution in [0.25, 0.3) is 0 Å². The predicted octanol–water partition coefficient (Wildman–Crippen LogP) is 19.7. The minimum Gasteiger partial charge on any atom is -0.462 e. The van der Waals surface area contributed by atoms with Crippen molar-refractivity contribution < 1.29 is 28.6 Å². The molecule has 0 radical (unpaired) electrons. The van der Waals surface area contributed by atoms with Crippen LogP contribution in [0.1, 0.15) is 207 Å². The zero-order chi connectivity index (χ0) is 53.6. The first-order valence-corrected chi connectivity index (χ1v) is 28.8. The summed E-state index contributed by atoms with van der Waals surface area (Å²) in [6.07, 6.45) is 90.7. The predicted molar refractivity (Wildman–Crippen MR) is 320 cm³/mol. The second-order valence-corrected chi connectivity index (χ2v) is 18.1. The number of carbonyl (C=O) groups is 3. The van der Waals surface area contributed by atoms with Crippen LogP contribution in [0.2, 0.25) is 0 Å². The fourth-order valence-corrected chi connectivity index (χ4v) is 6.93. The lowest BCUT2D eigenvalue weighted by Gasteiger charge is -2.18. The smallest absolute Gasteiger partial charge is 0.306 e. The molecule has 0 aromatic heterocycles. The first-order valence-electron chi connectivity index (χ1n) is 28.8. The number of carbonyl (C=O) groups excluding carboxylic acids is 3. The molecule has 0 amide bonds. The molecular formula is C68H102O6. The van der Waals surface area contributed by atoms with Gasteiger partial charge in [-0.15, -0.1) is 0 Å². The van der Waals surface area contributed by atoms with Crippen molar-refractivity contribution >= 4 is 17.9 Å². The quantitative estimate of drug-likeness (QED) is 0.0261. The molecule has 0 bridgehead atoms. The van der Waals surface area contributed by atoms with Crippen LogP contribution in [0, 0.1) is 0 Å². The Labute approximate surface area is 453 Å². The van der Waals surface area contributed by atoms with Gasteiger partial charge in [0.15, 0.2) is 6.10 Å². The van der Waals surface area contributed by atoms with Crippen molar-refractivity contribution in [2.75, 3.05) is 13.2 Å². The highest BCUT2D eigenvalue weighted by atomic mass is 16.6. The van der Waals surface area contributed by atoms with Gasteiger partial charge >= 0.3 is 17.9 Å². The van der Waals surface area contributed by atoms with E-state index in [1.165, 1.54) is 19.3 Å². The van der Waals surface area contributed by atoms with Gasteiger partial charge in [-0.2, -0.15) is 0 Å². The molecule has 410 valence electrons. The highest BCUT2D eigenvalue weighted by Gasteiger charge is 2.19. The minimum absolute atomic E-state index is 0.128. The van der Waals surface area contributed by atoms with E-state index in [9.17, 15) is 14.4 Å². The van der Waals surface area contributed by atoms with Crippen LogP contribution in [0.3, 0.4) is 0 Å². The van der Waals surface area contributed by atoms with E-state index in [1.807, 2.05) is 12.2 Å². The van der Waals surface area contributed by atoms with Crippen LogP contribution in [-0.2, 0) is 28.6 Å². The van der Waals surface area contributed by atoms with Crippen LogP contribution in [-0.4, -0.2) is 37.2 Å². The Kier molecular flexibility index (Phi) is 55.6. The largest absolute Gasteiger partial charge is 0.462 e. The van der Waals surface area contributed by atoms with Gasteiger partial charge in [0.05, 0.1) is 0 Å². The van der Waals surface area contributed by atoms with E-state index in [4.69, 9.17) is 14.2 Å². The van der Waals surface area contributed by atoms with Gasteiger partial charge in [0.1, 0.15) is 13.2 Å². The van der Waals surface area contributed by atoms with Gasteiger partial charge in [0, 0.05) is 19.3 Å². The molecule has 0 rings (SSSR count). The van der Waals surface area contributed by atoms with Gasteiger partial charge in [-0.25, -0.2) is 0 Å². The Morgan fingerprint density at radius 1 is 0.284 bits per heavy atom. The van der Waals surface area contributed by atoms with E-state index in [0.717, 1.165) is 141 Å². The average molecular weight is 1020 g/mol. The fraction of sp³-hybridized carbons (Fsp3) is 0.515. The summed E-state index contributed by atoms with van der Waals surface area (Å²) >= 11 is 0. The number of rotatable bonds is 49. The summed E-state index contributed by atoms with van der Waals surface area (Å²) in [6.45, 7) is 6.22. The first kappa shape index (κ1) is 68.5. The van der Waals surface area contributed by atoms with E-state index in [-0.39, 0.29) is 31.6 Å². The third-order valence-corrected chi connectivity index (χ3v) is 11.2. The maximum atomic E-state index is 12.8. The second kappa shape index (κ2) is 60.1. The Bertz CT molecular complexity index is 1780. The second-order valence-electron chi connectivity index (χ2n) is 18.1. The van der Waals surface area contributed by atoms with Crippen LogP contribution < -0.4 is 0 Å². The Hall–Kier alpha value is -5.49. The van der Waals surface area contributed by atoms with Crippen molar-refractivity contribution in [2.45, 2.75) is 213 Å². The molecule has 6 heteroatoms. The maximum absolute atomic E-state index is 12.8. The molecule has 0 saturated heterocycles. The van der Waals surface area contributed by atoms with E-state index >= 15 is 0 Å². The molecule has 74 heavy (non-hydrogen) atoms. The zero-order valence-corrected chi connectivity index (χ0v) is 46.8. The van der Waals surface area contributed by atoms with Crippen molar-refractivity contribution in [3.05, 3.63) is 182 Å². The number of unbranched alkanes of at least 4 members (excludes halogenated alkanes) is 8. The van der Waals surface area contributed by atoms with Crippen molar-refractivity contribution in [3.8, 4) is 0 Å². The first-order chi connectivity index (χ1) is 36.5. The topological polar surface area (TPSA) is 78.9 Å². The Morgan fingerprint density at radius 3 is 0.878 bits per heavy atom. The summed E-state index contributed by atoms with van der Waals surface area (Å²) in [5.74, 6) is -1.07. The fourth-order valence-electron chi connectivity index (χ4n) is 6.93. The molecule has 0 N–H and O–H groups in total. The molecule has 1 unspecified atom stereocenters. The van der Waals surface area contributed by atoms with Gasteiger partial charge in [-0.3, -0.25) is 14.4 Å². The van der Waals surface area contributed by atoms with E-state index in [0.29, 0.717) is 19.3 Å². The molecule has 0 aliphatic carbocycles. The van der Waals surface area contributed by atoms with E-state index < -0.39 is 12.1 Å². The molecule has 0 aliphatic rings. The third kappa shape index (κ3) is 57.4. The standard InChI is InChI=1S/C68H102O6/c1-4-7-10-13-16-18-20-22-24-26-28-29-30-31-32-33-34-35-36-37-38-39-41-42-44-46-48-50-52-55-58-61-67(70)73-64-65(63-72-66(69)60-57-54-15-12-9-6-3)74-68(71)62-59-56-53-51-49-47-45-43-40-27-25-23-21-19-17-14-11-8-5-2/h7-8,10-11,16-19,22-25,28-29,31-32,34-35,37-38,40-43,46-49,53,56,65H,4-6,9,12-15,20-21,26-27,30,33,36,39,44-45,50-52,54-55,57-64H2,1-3H3/b10-7-,11-8-,18-16-,19-17-,24-22-,25-23-,29-28-,32-31-,35-34-,38-37-,42-41-,43-40-,48-46-,49-47-,56-53-. The highest BCUT2D eigenvalue weighted by molar-refractivity contribution is 5.71. The number of hydrogen-bond acceptors (Lipinski definition) is 6. The molecule has 0 saturated carbocycles. The van der Waals surface area contributed by atoms with Crippen LogP contribution in [0.15, 0.2) is 182 Å². The van der Waals surface area contributed by atoms with Crippen molar-refractivity contribution in [1.82, 2.24) is 0 Å². The van der Waals surface area contributed by atoms with Crippen molar-refractivity contribution in [3.63, 3.8) is 0 Å². The highest BCUT2D eigenvalue weighted by Crippen LogP contribution is 2.11. The minimum atomic E-state index is -0.839. The zero-order valence-electron chi connectivity index (χ0n) is 46.8. The summed E-state index contributed by atoms with van der Waals surface area (Å²) in [7, 11) is 0. The van der Waals surface area contributed by atoms with Gasteiger partial charge < -0.3 is 14.2 Å². The number of hydrogen-bond donors (Lipinski definition) is 0. The monoisotopic (exact) mass is 1010 g/mol. The summed E-state index contributed by atoms with van der Waals surface area (Å²) in [6, 6.07) is 0. The van der Waals surface area contributed by atoms with Crippen LogP contribution >= 0.6 is 0 Å². The lowest BCUT2D eigenvalue weighted by molar-refractivity contribution is -0.166. The number of ether oxygens (including phenoxy) is 3. The number of allylic oxidation sites excluding steroid dienone is 30.